The van der Waals surface area contributed by atoms with E-state index in [4.69, 9.17) is 5.73 Å². The first-order valence-corrected chi connectivity index (χ1v) is 6.69. The van der Waals surface area contributed by atoms with Gasteiger partial charge in [-0.05, 0) is 43.4 Å². The van der Waals surface area contributed by atoms with Crippen LogP contribution in [0.4, 0.5) is 5.69 Å². The molecule has 98 valence electrons. The van der Waals surface area contributed by atoms with Crippen LogP contribution < -0.4 is 5.73 Å². The van der Waals surface area contributed by atoms with Gasteiger partial charge in [0.25, 0.3) is 5.91 Å². The van der Waals surface area contributed by atoms with E-state index in [2.05, 4.69) is 0 Å². The van der Waals surface area contributed by atoms with Crippen molar-refractivity contribution < 1.29 is 4.79 Å². The molecule has 0 aromatic heterocycles. The SMILES string of the molecule is Cc1ccc(C(=O)N(C)CC2CCCC2)cc1N. The number of amides is 1. The highest BCUT2D eigenvalue weighted by molar-refractivity contribution is 5.95. The fraction of sp³-hybridized carbons (Fsp3) is 0.533. The number of hydrogen-bond donors (Lipinski definition) is 1. The highest BCUT2D eigenvalue weighted by Gasteiger charge is 2.20. The molecule has 0 aliphatic heterocycles. The zero-order valence-electron chi connectivity index (χ0n) is 11.3. The summed E-state index contributed by atoms with van der Waals surface area (Å²) in [6.45, 7) is 2.82. The van der Waals surface area contributed by atoms with Crippen molar-refractivity contribution in [2.75, 3.05) is 19.3 Å². The minimum atomic E-state index is 0.0774. The van der Waals surface area contributed by atoms with Gasteiger partial charge in [-0.15, -0.1) is 0 Å². The average Bonchev–Trinajstić information content (AvgIpc) is 2.84. The Hall–Kier alpha value is -1.51. The highest BCUT2D eigenvalue weighted by Crippen LogP contribution is 2.25. The molecule has 1 aliphatic carbocycles. The number of anilines is 1. The second kappa shape index (κ2) is 5.42. The second-order valence-corrected chi connectivity index (χ2v) is 5.41. The summed E-state index contributed by atoms with van der Waals surface area (Å²) in [5, 5.41) is 0. The van der Waals surface area contributed by atoms with Gasteiger partial charge in [-0.25, -0.2) is 0 Å². The number of carbonyl (C=O) groups excluding carboxylic acids is 1. The van der Waals surface area contributed by atoms with Crippen LogP contribution in [-0.2, 0) is 0 Å². The molecule has 3 nitrogen and oxygen atoms in total. The third kappa shape index (κ3) is 2.84. The van der Waals surface area contributed by atoms with Gasteiger partial charge in [-0.3, -0.25) is 4.79 Å². The van der Waals surface area contributed by atoms with Gasteiger partial charge in [-0.2, -0.15) is 0 Å². The van der Waals surface area contributed by atoms with Gasteiger partial charge < -0.3 is 10.6 Å². The average molecular weight is 246 g/mol. The van der Waals surface area contributed by atoms with Gasteiger partial charge in [0.1, 0.15) is 0 Å². The van der Waals surface area contributed by atoms with Crippen LogP contribution in [0.25, 0.3) is 0 Å². The van der Waals surface area contributed by atoms with Gasteiger partial charge in [0.15, 0.2) is 0 Å². The van der Waals surface area contributed by atoms with E-state index in [0.717, 1.165) is 12.1 Å². The molecule has 2 rings (SSSR count). The van der Waals surface area contributed by atoms with E-state index < -0.39 is 0 Å². The summed E-state index contributed by atoms with van der Waals surface area (Å²) in [7, 11) is 1.89. The van der Waals surface area contributed by atoms with Crippen molar-refractivity contribution in [1.82, 2.24) is 4.90 Å². The van der Waals surface area contributed by atoms with Gasteiger partial charge >= 0.3 is 0 Å². The van der Waals surface area contributed by atoms with Gasteiger partial charge in [0, 0.05) is 24.8 Å². The van der Waals surface area contributed by atoms with Crippen molar-refractivity contribution in [1.29, 1.82) is 0 Å². The highest BCUT2D eigenvalue weighted by atomic mass is 16.2. The molecule has 1 aliphatic rings. The summed E-state index contributed by atoms with van der Waals surface area (Å²) >= 11 is 0. The Kier molecular flexibility index (Phi) is 3.90. The number of hydrogen-bond acceptors (Lipinski definition) is 2. The maximum absolute atomic E-state index is 12.3. The van der Waals surface area contributed by atoms with Crippen LogP contribution in [0.2, 0.25) is 0 Å². The quantitative estimate of drug-likeness (QED) is 0.834. The monoisotopic (exact) mass is 246 g/mol. The molecular formula is C15H22N2O. The third-order valence-corrected chi connectivity index (χ3v) is 3.88. The fourth-order valence-electron chi connectivity index (χ4n) is 2.66. The van der Waals surface area contributed by atoms with Gasteiger partial charge in [0.2, 0.25) is 0 Å². The van der Waals surface area contributed by atoms with Gasteiger partial charge in [0.05, 0.1) is 0 Å². The molecule has 0 heterocycles. The molecule has 0 radical (unpaired) electrons. The molecule has 1 amide bonds. The molecule has 0 saturated heterocycles. The van der Waals surface area contributed by atoms with Crippen molar-refractivity contribution >= 4 is 11.6 Å². The van der Waals surface area contributed by atoms with Crippen LogP contribution in [0.3, 0.4) is 0 Å². The topological polar surface area (TPSA) is 46.3 Å². The van der Waals surface area contributed by atoms with Crippen LogP contribution in [0.5, 0.6) is 0 Å². The van der Waals surface area contributed by atoms with E-state index in [0.29, 0.717) is 17.2 Å². The summed E-state index contributed by atoms with van der Waals surface area (Å²) in [6.07, 6.45) is 5.13. The maximum atomic E-state index is 12.3. The van der Waals surface area contributed by atoms with Crippen molar-refractivity contribution in [3.63, 3.8) is 0 Å². The summed E-state index contributed by atoms with van der Waals surface area (Å²) in [5.41, 5.74) is 8.25. The molecule has 0 unspecified atom stereocenters. The zero-order valence-corrected chi connectivity index (χ0v) is 11.3. The molecule has 1 fully saturated rings. The van der Waals surface area contributed by atoms with E-state index in [1.54, 1.807) is 6.07 Å². The lowest BCUT2D eigenvalue weighted by atomic mass is 10.1. The van der Waals surface area contributed by atoms with Gasteiger partial charge in [-0.1, -0.05) is 18.9 Å². The summed E-state index contributed by atoms with van der Waals surface area (Å²) in [6, 6.07) is 5.55. The third-order valence-electron chi connectivity index (χ3n) is 3.88. The number of nitrogens with zero attached hydrogens (tertiary/aromatic N) is 1. The molecule has 1 aromatic rings. The van der Waals surface area contributed by atoms with Crippen LogP contribution in [-0.4, -0.2) is 24.4 Å². The number of rotatable bonds is 3. The standard InChI is InChI=1S/C15H22N2O/c1-11-7-8-13(9-14(11)16)15(18)17(2)10-12-5-3-4-6-12/h7-9,12H,3-6,10,16H2,1-2H3. The van der Waals surface area contributed by atoms with Crippen molar-refractivity contribution in [3.8, 4) is 0 Å². The molecule has 0 bridgehead atoms. The summed E-state index contributed by atoms with van der Waals surface area (Å²) < 4.78 is 0. The molecular weight excluding hydrogens is 224 g/mol. The van der Waals surface area contributed by atoms with Crippen LogP contribution in [0.1, 0.15) is 41.6 Å². The number of benzene rings is 1. The predicted molar refractivity (Wildman–Crippen MR) is 74.5 cm³/mol. The molecule has 2 N–H and O–H groups in total. The second-order valence-electron chi connectivity index (χ2n) is 5.41. The molecule has 0 atom stereocenters. The van der Waals surface area contributed by atoms with Crippen molar-refractivity contribution in [2.24, 2.45) is 5.92 Å². The fourth-order valence-corrected chi connectivity index (χ4v) is 2.66. The Labute approximate surface area is 109 Å². The van der Waals surface area contributed by atoms with E-state index in [9.17, 15) is 4.79 Å². The first-order chi connectivity index (χ1) is 8.58. The van der Waals surface area contributed by atoms with Crippen LogP contribution in [0.15, 0.2) is 18.2 Å². The van der Waals surface area contributed by atoms with Crippen LogP contribution in [0, 0.1) is 12.8 Å². The Morgan fingerprint density at radius 2 is 2.06 bits per heavy atom. The lowest BCUT2D eigenvalue weighted by molar-refractivity contribution is 0.0773. The molecule has 3 heteroatoms. The van der Waals surface area contributed by atoms with E-state index >= 15 is 0 Å². The largest absolute Gasteiger partial charge is 0.398 e. The smallest absolute Gasteiger partial charge is 0.253 e. The van der Waals surface area contributed by atoms with Crippen molar-refractivity contribution in [3.05, 3.63) is 29.3 Å². The predicted octanol–water partition coefficient (Wildman–Crippen LogP) is 2.84. The number of nitrogen functional groups attached to an aromatic ring is 1. The molecule has 0 spiro atoms. The Balaban J connectivity index is 2.02. The number of aryl methyl sites for hydroxylation is 1. The minimum Gasteiger partial charge on any atom is -0.398 e. The van der Waals surface area contributed by atoms with Crippen molar-refractivity contribution in [2.45, 2.75) is 32.6 Å². The summed E-state index contributed by atoms with van der Waals surface area (Å²) in [4.78, 5) is 14.1. The Morgan fingerprint density at radius 1 is 1.39 bits per heavy atom. The number of carbonyl (C=O) groups is 1. The number of nitrogens with two attached hydrogens (primary N) is 1. The Morgan fingerprint density at radius 3 is 2.67 bits per heavy atom. The Bertz CT molecular complexity index is 436. The maximum Gasteiger partial charge on any atom is 0.253 e. The van der Waals surface area contributed by atoms with Crippen LogP contribution >= 0.6 is 0 Å². The molecule has 1 saturated carbocycles. The normalized spacial score (nSPS) is 15.9. The van der Waals surface area contributed by atoms with E-state index in [-0.39, 0.29) is 5.91 Å². The van der Waals surface area contributed by atoms with E-state index in [1.165, 1.54) is 25.7 Å². The zero-order chi connectivity index (χ0) is 13.1. The lowest BCUT2D eigenvalue weighted by Gasteiger charge is -2.21. The minimum absolute atomic E-state index is 0.0774. The molecule has 18 heavy (non-hydrogen) atoms. The first-order valence-electron chi connectivity index (χ1n) is 6.69. The first kappa shape index (κ1) is 12.9. The molecule has 1 aromatic carbocycles. The summed E-state index contributed by atoms with van der Waals surface area (Å²) in [5.74, 6) is 0.760. The van der Waals surface area contributed by atoms with E-state index in [1.807, 2.05) is 31.0 Å². The lowest BCUT2D eigenvalue weighted by Crippen LogP contribution is -2.31.